The van der Waals surface area contributed by atoms with Crippen LogP contribution < -0.4 is 0 Å². The van der Waals surface area contributed by atoms with Gasteiger partial charge in [0.1, 0.15) is 0 Å². The zero-order valence-corrected chi connectivity index (χ0v) is 9.46. The van der Waals surface area contributed by atoms with Gasteiger partial charge in [0.15, 0.2) is 6.29 Å². The van der Waals surface area contributed by atoms with Gasteiger partial charge in [-0.2, -0.15) is 0 Å². The molecule has 0 aliphatic carbocycles. The van der Waals surface area contributed by atoms with Crippen LogP contribution in [0.1, 0.15) is 33.1 Å². The van der Waals surface area contributed by atoms with Crippen LogP contribution in [0.4, 0.5) is 0 Å². The minimum Gasteiger partial charge on any atom is -0.390 e. The second kappa shape index (κ2) is 6.83. The van der Waals surface area contributed by atoms with Gasteiger partial charge in [0, 0.05) is 27.1 Å². The number of methoxy groups -OCH3 is 2. The van der Waals surface area contributed by atoms with Gasteiger partial charge in [-0.05, 0) is 20.3 Å². The minimum atomic E-state index is -0.777. The highest BCUT2D eigenvalue weighted by molar-refractivity contribution is 4.96. The molecule has 0 fully saturated rings. The maximum atomic E-state index is 9.95. The summed E-state index contributed by atoms with van der Waals surface area (Å²) in [6.45, 7) is 3.57. The third-order valence-corrected chi connectivity index (χ3v) is 2.10. The van der Waals surface area contributed by atoms with Crippen LogP contribution in [0.5, 0.6) is 0 Å². The highest BCUT2D eigenvalue weighted by Crippen LogP contribution is 2.19. The Morgan fingerprint density at radius 1 is 1.36 bits per heavy atom. The molecule has 1 unspecified atom stereocenters. The predicted octanol–water partition coefficient (Wildman–Crippen LogP) is 1.55. The van der Waals surface area contributed by atoms with Crippen LogP contribution in [0.25, 0.3) is 0 Å². The molecule has 3 heteroatoms. The predicted molar refractivity (Wildman–Crippen MR) is 55.7 cm³/mol. The molecule has 3 nitrogen and oxygen atoms in total. The van der Waals surface area contributed by atoms with E-state index < -0.39 is 5.60 Å². The highest BCUT2D eigenvalue weighted by Gasteiger charge is 2.24. The van der Waals surface area contributed by atoms with Gasteiger partial charge in [0.25, 0.3) is 0 Å². The van der Waals surface area contributed by atoms with E-state index in [0.717, 1.165) is 0 Å². The van der Waals surface area contributed by atoms with E-state index in [9.17, 15) is 5.11 Å². The Balaban J connectivity index is 3.95. The van der Waals surface area contributed by atoms with E-state index in [2.05, 4.69) is 11.8 Å². The van der Waals surface area contributed by atoms with Gasteiger partial charge in [-0.1, -0.05) is 0 Å². The van der Waals surface area contributed by atoms with Crippen LogP contribution in [0, 0.1) is 11.8 Å². The Labute approximate surface area is 86.4 Å². The Bertz CT molecular complexity index is 196. The monoisotopic (exact) mass is 200 g/mol. The maximum absolute atomic E-state index is 9.95. The largest absolute Gasteiger partial charge is 0.390 e. The van der Waals surface area contributed by atoms with Crippen molar-refractivity contribution in [3.8, 4) is 11.8 Å². The lowest BCUT2D eigenvalue weighted by Gasteiger charge is -2.26. The molecular weight excluding hydrogens is 180 g/mol. The van der Waals surface area contributed by atoms with Crippen molar-refractivity contribution in [2.24, 2.45) is 0 Å². The Hall–Kier alpha value is -0.560. The fourth-order valence-electron chi connectivity index (χ4n) is 1.18. The summed E-state index contributed by atoms with van der Waals surface area (Å²) in [5.74, 6) is 5.72. The van der Waals surface area contributed by atoms with E-state index in [1.54, 1.807) is 28.1 Å². The van der Waals surface area contributed by atoms with Crippen molar-refractivity contribution in [3.63, 3.8) is 0 Å². The third kappa shape index (κ3) is 5.98. The molecule has 0 radical (unpaired) electrons. The molecular formula is C11H20O3. The molecule has 0 aromatic rings. The summed E-state index contributed by atoms with van der Waals surface area (Å²) in [5, 5.41) is 9.95. The summed E-state index contributed by atoms with van der Waals surface area (Å²) >= 11 is 0. The summed E-state index contributed by atoms with van der Waals surface area (Å²) < 4.78 is 10.0. The highest BCUT2D eigenvalue weighted by atomic mass is 16.7. The van der Waals surface area contributed by atoms with E-state index in [-0.39, 0.29) is 6.29 Å². The first kappa shape index (κ1) is 13.4. The van der Waals surface area contributed by atoms with E-state index in [0.29, 0.717) is 19.3 Å². The Morgan fingerprint density at radius 2 is 1.93 bits per heavy atom. The van der Waals surface area contributed by atoms with Crippen LogP contribution in [0.15, 0.2) is 0 Å². The average molecular weight is 200 g/mol. The lowest BCUT2D eigenvalue weighted by molar-refractivity contribution is -0.141. The molecule has 1 N–H and O–H groups in total. The summed E-state index contributed by atoms with van der Waals surface area (Å²) in [4.78, 5) is 0. The lowest BCUT2D eigenvalue weighted by Crippen LogP contribution is -2.31. The molecule has 0 aromatic carbocycles. The zero-order valence-electron chi connectivity index (χ0n) is 9.46. The van der Waals surface area contributed by atoms with Gasteiger partial charge >= 0.3 is 0 Å². The molecule has 0 amide bonds. The van der Waals surface area contributed by atoms with Crippen molar-refractivity contribution in [1.82, 2.24) is 0 Å². The normalized spacial score (nSPS) is 14.7. The Kier molecular flexibility index (Phi) is 6.56. The molecule has 0 spiro atoms. The molecule has 0 heterocycles. The number of hydrogen-bond donors (Lipinski definition) is 1. The molecule has 0 aliphatic rings. The SMILES string of the molecule is CC#CCCC(C)(O)CC(OC)OC. The summed E-state index contributed by atoms with van der Waals surface area (Å²) in [6, 6.07) is 0. The first-order valence-corrected chi connectivity index (χ1v) is 4.73. The second-order valence-electron chi connectivity index (χ2n) is 3.53. The van der Waals surface area contributed by atoms with Crippen LogP contribution in [0.2, 0.25) is 0 Å². The molecule has 1 atom stereocenters. The van der Waals surface area contributed by atoms with Crippen LogP contribution in [0.3, 0.4) is 0 Å². The molecule has 14 heavy (non-hydrogen) atoms. The number of aliphatic hydroxyl groups is 1. The van der Waals surface area contributed by atoms with Crippen molar-refractivity contribution < 1.29 is 14.6 Å². The standard InChI is InChI=1S/C11H20O3/c1-5-6-7-8-11(2,12)9-10(13-3)14-4/h10,12H,7-9H2,1-4H3. The van der Waals surface area contributed by atoms with E-state index in [4.69, 9.17) is 9.47 Å². The first-order chi connectivity index (χ1) is 6.55. The van der Waals surface area contributed by atoms with Crippen molar-refractivity contribution in [2.75, 3.05) is 14.2 Å². The van der Waals surface area contributed by atoms with Gasteiger partial charge in [-0.15, -0.1) is 11.8 Å². The summed E-state index contributed by atoms with van der Waals surface area (Å²) in [5.41, 5.74) is -0.777. The number of hydrogen-bond acceptors (Lipinski definition) is 3. The molecule has 0 aromatic heterocycles. The van der Waals surface area contributed by atoms with Crippen LogP contribution >= 0.6 is 0 Å². The van der Waals surface area contributed by atoms with Gasteiger partial charge in [-0.25, -0.2) is 0 Å². The topological polar surface area (TPSA) is 38.7 Å². The number of ether oxygens (including phenoxy) is 2. The van der Waals surface area contributed by atoms with Crippen LogP contribution in [-0.4, -0.2) is 31.2 Å². The van der Waals surface area contributed by atoms with E-state index in [1.807, 2.05) is 0 Å². The van der Waals surface area contributed by atoms with Gasteiger partial charge < -0.3 is 14.6 Å². The Morgan fingerprint density at radius 3 is 2.36 bits per heavy atom. The smallest absolute Gasteiger partial charge is 0.159 e. The van der Waals surface area contributed by atoms with Gasteiger partial charge in [0.2, 0.25) is 0 Å². The lowest BCUT2D eigenvalue weighted by atomic mass is 9.96. The van der Waals surface area contributed by atoms with E-state index in [1.165, 1.54) is 0 Å². The molecule has 0 aliphatic heterocycles. The quantitative estimate of drug-likeness (QED) is 0.522. The van der Waals surface area contributed by atoms with Crippen molar-refractivity contribution >= 4 is 0 Å². The molecule has 0 rings (SSSR count). The van der Waals surface area contributed by atoms with Gasteiger partial charge in [-0.3, -0.25) is 0 Å². The van der Waals surface area contributed by atoms with Crippen molar-refractivity contribution in [2.45, 2.75) is 45.0 Å². The third-order valence-electron chi connectivity index (χ3n) is 2.10. The fraction of sp³-hybridized carbons (Fsp3) is 0.818. The van der Waals surface area contributed by atoms with Crippen molar-refractivity contribution in [3.05, 3.63) is 0 Å². The zero-order chi connectivity index (χ0) is 11.0. The van der Waals surface area contributed by atoms with E-state index >= 15 is 0 Å². The van der Waals surface area contributed by atoms with Crippen molar-refractivity contribution in [1.29, 1.82) is 0 Å². The molecule has 0 saturated carbocycles. The van der Waals surface area contributed by atoms with Gasteiger partial charge in [0.05, 0.1) is 5.60 Å². The average Bonchev–Trinajstić information content (AvgIpc) is 2.14. The number of rotatable bonds is 6. The molecule has 82 valence electrons. The first-order valence-electron chi connectivity index (χ1n) is 4.73. The maximum Gasteiger partial charge on any atom is 0.159 e. The summed E-state index contributed by atoms with van der Waals surface area (Å²) in [6.07, 6.45) is 1.45. The fourth-order valence-corrected chi connectivity index (χ4v) is 1.18. The molecule has 0 saturated heterocycles. The minimum absolute atomic E-state index is 0.348. The van der Waals surface area contributed by atoms with Crippen LogP contribution in [-0.2, 0) is 9.47 Å². The summed E-state index contributed by atoms with van der Waals surface area (Å²) in [7, 11) is 3.13. The molecule has 0 bridgehead atoms. The second-order valence-corrected chi connectivity index (χ2v) is 3.53.